The highest BCUT2D eigenvalue weighted by molar-refractivity contribution is 5.99. The summed E-state index contributed by atoms with van der Waals surface area (Å²) in [6.07, 6.45) is 10.1. The summed E-state index contributed by atoms with van der Waals surface area (Å²) in [4.78, 5) is 22.1. The topological polar surface area (TPSA) is 36.4 Å². The number of carbonyl (C=O) groups is 1. The van der Waals surface area contributed by atoms with E-state index in [1.54, 1.807) is 0 Å². The number of nitrogens with zero attached hydrogens (tertiary/aromatic N) is 3. The number of hydrogen-bond acceptors (Lipinski definition) is 3. The molecule has 1 aromatic heterocycles. The van der Waals surface area contributed by atoms with Crippen LogP contribution in [0.4, 0.5) is 5.82 Å². The normalized spacial score (nSPS) is 20.2. The van der Waals surface area contributed by atoms with Crippen LogP contribution in [0.15, 0.2) is 48.7 Å². The molecule has 0 N–H and O–H groups in total. The maximum atomic E-state index is 13.1. The quantitative estimate of drug-likeness (QED) is 0.767. The summed E-state index contributed by atoms with van der Waals surface area (Å²) in [5.41, 5.74) is 2.20. The van der Waals surface area contributed by atoms with Gasteiger partial charge < -0.3 is 9.80 Å². The molecule has 0 bridgehead atoms. The number of benzene rings is 1. The molecule has 1 aromatic carbocycles. The van der Waals surface area contributed by atoms with Gasteiger partial charge in [0.2, 0.25) is 0 Å². The number of aromatic nitrogens is 1. The van der Waals surface area contributed by atoms with Crippen molar-refractivity contribution < 1.29 is 4.79 Å². The van der Waals surface area contributed by atoms with Gasteiger partial charge in [-0.25, -0.2) is 4.98 Å². The lowest BCUT2D eigenvalue weighted by Gasteiger charge is -2.35. The van der Waals surface area contributed by atoms with Crippen molar-refractivity contribution >= 4 is 11.7 Å². The van der Waals surface area contributed by atoms with Gasteiger partial charge in [0.15, 0.2) is 0 Å². The predicted molar refractivity (Wildman–Crippen MR) is 114 cm³/mol. The van der Waals surface area contributed by atoms with Crippen molar-refractivity contribution in [2.45, 2.75) is 44.9 Å². The van der Waals surface area contributed by atoms with Crippen LogP contribution >= 0.6 is 0 Å². The number of piperidine rings is 2. The van der Waals surface area contributed by atoms with Gasteiger partial charge in [-0.2, -0.15) is 0 Å². The fraction of sp³-hybridized carbons (Fsp3) is 0.500. The maximum Gasteiger partial charge on any atom is 0.257 e. The molecule has 1 atom stereocenters. The number of aryl methyl sites for hydroxylation is 1. The predicted octanol–water partition coefficient (Wildman–Crippen LogP) is 4.56. The Labute approximate surface area is 168 Å². The van der Waals surface area contributed by atoms with Gasteiger partial charge in [0.1, 0.15) is 5.82 Å². The number of likely N-dealkylation sites (tertiary alicyclic amines) is 1. The molecule has 148 valence electrons. The van der Waals surface area contributed by atoms with Gasteiger partial charge in [-0.3, -0.25) is 4.79 Å². The third-order valence-corrected chi connectivity index (χ3v) is 6.16. The van der Waals surface area contributed by atoms with E-state index in [9.17, 15) is 4.79 Å². The van der Waals surface area contributed by atoms with E-state index in [1.165, 1.54) is 31.2 Å². The first kappa shape index (κ1) is 19.0. The van der Waals surface area contributed by atoms with Crippen molar-refractivity contribution in [2.24, 2.45) is 5.92 Å². The van der Waals surface area contributed by atoms with Crippen LogP contribution in [0.1, 0.15) is 54.4 Å². The molecule has 2 fully saturated rings. The zero-order valence-corrected chi connectivity index (χ0v) is 16.7. The van der Waals surface area contributed by atoms with Crippen LogP contribution in [0.3, 0.4) is 0 Å². The Morgan fingerprint density at radius 3 is 2.61 bits per heavy atom. The van der Waals surface area contributed by atoms with Crippen molar-refractivity contribution in [3.05, 3.63) is 59.8 Å². The van der Waals surface area contributed by atoms with E-state index in [2.05, 4.69) is 40.2 Å². The highest BCUT2D eigenvalue weighted by Gasteiger charge is 2.27. The lowest BCUT2D eigenvalue weighted by Crippen LogP contribution is -2.40. The van der Waals surface area contributed by atoms with Gasteiger partial charge in [0, 0.05) is 32.4 Å². The van der Waals surface area contributed by atoms with Crippen LogP contribution in [0, 0.1) is 5.92 Å². The molecule has 0 saturated carbocycles. The van der Waals surface area contributed by atoms with E-state index in [0.717, 1.165) is 56.8 Å². The summed E-state index contributed by atoms with van der Waals surface area (Å²) in [7, 11) is 0. The second kappa shape index (κ2) is 9.22. The van der Waals surface area contributed by atoms with Crippen LogP contribution in [0.2, 0.25) is 0 Å². The second-order valence-corrected chi connectivity index (χ2v) is 8.21. The number of amides is 1. The monoisotopic (exact) mass is 377 g/mol. The van der Waals surface area contributed by atoms with Gasteiger partial charge in [-0.1, -0.05) is 30.3 Å². The van der Waals surface area contributed by atoms with E-state index in [0.29, 0.717) is 5.92 Å². The molecule has 2 saturated heterocycles. The van der Waals surface area contributed by atoms with Gasteiger partial charge in [-0.15, -0.1) is 0 Å². The Balaban J connectivity index is 1.44. The Hall–Kier alpha value is -2.36. The van der Waals surface area contributed by atoms with Crippen molar-refractivity contribution in [2.75, 3.05) is 31.1 Å². The van der Waals surface area contributed by atoms with E-state index >= 15 is 0 Å². The van der Waals surface area contributed by atoms with E-state index in [-0.39, 0.29) is 5.91 Å². The minimum Gasteiger partial charge on any atom is -0.356 e. The third-order valence-electron chi connectivity index (χ3n) is 6.16. The standard InChI is InChI=1S/C24H31N3O/c28-24(26-16-5-2-6-17-26)22-12-7-15-25-23(22)27-18-8-11-21(19-27)14-13-20-9-3-1-4-10-20/h1,3-4,7,9-10,12,15,21H,2,5-6,8,11,13-14,16-19H2/t21-/m1/s1. The highest BCUT2D eigenvalue weighted by Crippen LogP contribution is 2.28. The molecular formula is C24H31N3O. The number of carbonyl (C=O) groups excluding carboxylic acids is 1. The summed E-state index contributed by atoms with van der Waals surface area (Å²) >= 11 is 0. The van der Waals surface area contributed by atoms with Gasteiger partial charge >= 0.3 is 0 Å². The number of hydrogen-bond donors (Lipinski definition) is 0. The number of pyridine rings is 1. The van der Waals surface area contributed by atoms with Crippen LogP contribution in [0.5, 0.6) is 0 Å². The Morgan fingerprint density at radius 1 is 0.964 bits per heavy atom. The molecular weight excluding hydrogens is 346 g/mol. The van der Waals surface area contributed by atoms with E-state index < -0.39 is 0 Å². The molecule has 0 aliphatic carbocycles. The molecule has 4 heteroatoms. The fourth-order valence-electron chi connectivity index (χ4n) is 4.59. The molecule has 28 heavy (non-hydrogen) atoms. The first-order valence-corrected chi connectivity index (χ1v) is 10.8. The van der Waals surface area contributed by atoms with Crippen LogP contribution in [-0.4, -0.2) is 42.0 Å². The molecule has 2 aromatic rings. The minimum absolute atomic E-state index is 0.161. The molecule has 0 radical (unpaired) electrons. The third kappa shape index (κ3) is 4.54. The Kier molecular flexibility index (Phi) is 6.25. The smallest absolute Gasteiger partial charge is 0.257 e. The number of anilines is 1. The Morgan fingerprint density at radius 2 is 1.79 bits per heavy atom. The highest BCUT2D eigenvalue weighted by atomic mass is 16.2. The molecule has 4 nitrogen and oxygen atoms in total. The molecule has 3 heterocycles. The van der Waals surface area contributed by atoms with Crippen molar-refractivity contribution in [1.82, 2.24) is 9.88 Å². The summed E-state index contributed by atoms with van der Waals surface area (Å²) in [6, 6.07) is 14.6. The second-order valence-electron chi connectivity index (χ2n) is 8.21. The minimum atomic E-state index is 0.161. The summed E-state index contributed by atoms with van der Waals surface area (Å²) in [5, 5.41) is 0. The molecule has 4 rings (SSSR count). The first-order valence-electron chi connectivity index (χ1n) is 10.8. The number of rotatable bonds is 5. The molecule has 0 spiro atoms. The lowest BCUT2D eigenvalue weighted by molar-refractivity contribution is 0.0724. The zero-order chi connectivity index (χ0) is 19.2. The molecule has 0 unspecified atom stereocenters. The van der Waals surface area contributed by atoms with Crippen LogP contribution in [0.25, 0.3) is 0 Å². The summed E-state index contributed by atoms with van der Waals surface area (Å²) in [5.74, 6) is 1.71. The molecule has 1 amide bonds. The van der Waals surface area contributed by atoms with Crippen molar-refractivity contribution in [3.63, 3.8) is 0 Å². The van der Waals surface area contributed by atoms with Crippen LogP contribution < -0.4 is 4.90 Å². The summed E-state index contributed by atoms with van der Waals surface area (Å²) in [6.45, 7) is 3.77. The van der Waals surface area contributed by atoms with Gasteiger partial charge in [-0.05, 0) is 68.6 Å². The Bertz CT molecular complexity index is 770. The fourth-order valence-corrected chi connectivity index (χ4v) is 4.59. The van der Waals surface area contributed by atoms with Crippen LogP contribution in [-0.2, 0) is 6.42 Å². The van der Waals surface area contributed by atoms with E-state index in [4.69, 9.17) is 0 Å². The maximum absolute atomic E-state index is 13.1. The van der Waals surface area contributed by atoms with Gasteiger partial charge in [0.25, 0.3) is 5.91 Å². The average Bonchev–Trinajstić information content (AvgIpc) is 2.79. The average molecular weight is 378 g/mol. The zero-order valence-electron chi connectivity index (χ0n) is 16.7. The van der Waals surface area contributed by atoms with Crippen molar-refractivity contribution in [1.29, 1.82) is 0 Å². The largest absolute Gasteiger partial charge is 0.356 e. The molecule has 2 aliphatic rings. The van der Waals surface area contributed by atoms with Crippen molar-refractivity contribution in [3.8, 4) is 0 Å². The van der Waals surface area contributed by atoms with Gasteiger partial charge in [0.05, 0.1) is 5.56 Å². The SMILES string of the molecule is O=C(c1cccnc1N1CCC[C@H](CCc2ccccc2)C1)N1CCCCC1. The molecule has 2 aliphatic heterocycles. The summed E-state index contributed by atoms with van der Waals surface area (Å²) < 4.78 is 0. The van der Waals surface area contributed by atoms with E-state index in [1.807, 2.05) is 23.2 Å². The lowest BCUT2D eigenvalue weighted by atomic mass is 9.91. The first-order chi connectivity index (χ1) is 13.8.